The predicted octanol–water partition coefficient (Wildman–Crippen LogP) is 7.17. The number of nitrogens with zero attached hydrogens (tertiary/aromatic N) is 1. The molecule has 0 radical (unpaired) electrons. The molecule has 8 heteroatoms. The number of barbiturate groups is 1. The largest absolute Gasteiger partial charge is 0.490 e. The van der Waals surface area contributed by atoms with E-state index in [1.807, 2.05) is 37.3 Å². The third-order valence-electron chi connectivity index (χ3n) is 6.96. The van der Waals surface area contributed by atoms with Crippen LogP contribution in [0, 0.1) is 6.92 Å². The lowest BCUT2D eigenvalue weighted by Crippen LogP contribution is -2.54. The molecule has 0 aromatic heterocycles. The summed E-state index contributed by atoms with van der Waals surface area (Å²) in [6.45, 7) is 8.12. The van der Waals surface area contributed by atoms with E-state index in [-0.39, 0.29) is 5.57 Å². The second-order valence-electron chi connectivity index (χ2n) is 9.70. The van der Waals surface area contributed by atoms with Gasteiger partial charge in [0.25, 0.3) is 11.8 Å². The number of carbonyl (C=O) groups excluding carboxylic acids is 3. The number of rotatable bonds is 9. The second kappa shape index (κ2) is 12.3. The summed E-state index contributed by atoms with van der Waals surface area (Å²) in [6, 6.07) is 21.8. The maximum absolute atomic E-state index is 13.5. The molecule has 1 aliphatic rings. The topological polar surface area (TPSA) is 84.9 Å². The van der Waals surface area contributed by atoms with E-state index in [1.54, 1.807) is 37.3 Å². The maximum atomic E-state index is 13.5. The number of ether oxygens (including phenoxy) is 2. The fraction of sp³-hybridized carbons (Fsp3) is 0.147. The first-order chi connectivity index (χ1) is 20.3. The molecule has 1 N–H and O–H groups in total. The van der Waals surface area contributed by atoms with Crippen LogP contribution in [-0.2, 0) is 22.6 Å². The average molecular weight is 581 g/mol. The smallest absolute Gasteiger partial charge is 0.335 e. The summed E-state index contributed by atoms with van der Waals surface area (Å²) >= 11 is 6.24. The van der Waals surface area contributed by atoms with Gasteiger partial charge < -0.3 is 9.47 Å². The number of nitrogens with one attached hydrogen (secondary N) is 1. The number of hydrogen-bond acceptors (Lipinski definition) is 5. The van der Waals surface area contributed by atoms with Crippen LogP contribution in [0.4, 0.5) is 10.5 Å². The van der Waals surface area contributed by atoms with Crippen LogP contribution in [-0.4, -0.2) is 24.5 Å². The third-order valence-corrected chi connectivity index (χ3v) is 7.37. The first-order valence-corrected chi connectivity index (χ1v) is 13.9. The van der Waals surface area contributed by atoms with E-state index in [1.165, 1.54) is 6.08 Å². The minimum absolute atomic E-state index is 0.203. The number of benzene rings is 4. The van der Waals surface area contributed by atoms with Crippen molar-refractivity contribution in [2.75, 3.05) is 11.5 Å². The maximum Gasteiger partial charge on any atom is 0.335 e. The van der Waals surface area contributed by atoms with Crippen LogP contribution in [0.2, 0.25) is 5.02 Å². The average Bonchev–Trinajstić information content (AvgIpc) is 2.97. The lowest BCUT2D eigenvalue weighted by atomic mass is 10.0. The molecule has 4 amide bonds. The number of carbonyl (C=O) groups is 3. The summed E-state index contributed by atoms with van der Waals surface area (Å²) in [5.74, 6) is -0.530. The number of imide groups is 2. The van der Waals surface area contributed by atoms with Crippen molar-refractivity contribution in [1.29, 1.82) is 0 Å². The SMILES string of the molecule is C=CCc1cc(/C=C2\C(=O)NC(=O)N(c3cccc(Cl)c3C)C2=O)cc(OCC)c1OCc1cccc2ccccc12. The van der Waals surface area contributed by atoms with E-state index in [0.29, 0.717) is 53.0 Å². The van der Waals surface area contributed by atoms with E-state index < -0.39 is 17.8 Å². The molecule has 42 heavy (non-hydrogen) atoms. The molecule has 5 rings (SSSR count). The Labute approximate surface area is 249 Å². The fourth-order valence-corrected chi connectivity index (χ4v) is 5.12. The van der Waals surface area contributed by atoms with Crippen molar-refractivity contribution < 1.29 is 23.9 Å². The first kappa shape index (κ1) is 28.6. The zero-order valence-electron chi connectivity index (χ0n) is 23.3. The Balaban J connectivity index is 1.53. The van der Waals surface area contributed by atoms with Crippen molar-refractivity contribution in [3.05, 3.63) is 118 Å². The lowest BCUT2D eigenvalue weighted by Gasteiger charge is -2.28. The van der Waals surface area contributed by atoms with Crippen LogP contribution in [0.5, 0.6) is 11.5 Å². The molecule has 7 nitrogen and oxygen atoms in total. The van der Waals surface area contributed by atoms with Crippen molar-refractivity contribution in [1.82, 2.24) is 5.32 Å². The number of amides is 4. The van der Waals surface area contributed by atoms with Gasteiger partial charge in [-0.2, -0.15) is 0 Å². The molecule has 1 saturated heterocycles. The summed E-state index contributed by atoms with van der Waals surface area (Å²) in [6.07, 6.45) is 3.64. The highest BCUT2D eigenvalue weighted by Gasteiger charge is 2.37. The number of anilines is 1. The van der Waals surface area contributed by atoms with Crippen LogP contribution in [0.1, 0.15) is 29.2 Å². The Hall–Kier alpha value is -4.88. The zero-order valence-corrected chi connectivity index (χ0v) is 24.0. The molecule has 0 unspecified atom stereocenters. The Kier molecular flexibility index (Phi) is 8.41. The number of urea groups is 1. The van der Waals surface area contributed by atoms with Crippen molar-refractivity contribution >= 4 is 52.0 Å². The van der Waals surface area contributed by atoms with Crippen LogP contribution in [0.15, 0.2) is 91.0 Å². The molecular formula is C34H29ClN2O5. The number of allylic oxidation sites excluding steroid dienone is 1. The summed E-state index contributed by atoms with van der Waals surface area (Å²) in [7, 11) is 0. The molecule has 0 bridgehead atoms. The number of hydrogen-bond donors (Lipinski definition) is 1. The zero-order chi connectivity index (χ0) is 29.8. The standard InChI is InChI=1S/C34H29ClN2O5/c1-4-10-24-17-22(18-27-32(38)36-34(40)37(33(27)39)29-16-9-15-28(35)21(29)3)19-30(41-5-2)31(24)42-20-25-13-8-12-23-11-6-7-14-26(23)25/h4,6-9,11-19H,1,5,10,20H2,2-3H3,(H,36,38,40)/b27-18+. The van der Waals surface area contributed by atoms with Gasteiger partial charge in [-0.25, -0.2) is 9.69 Å². The fourth-order valence-electron chi connectivity index (χ4n) is 4.95. The Bertz CT molecular complexity index is 1760. The Morgan fingerprint density at radius 2 is 1.71 bits per heavy atom. The van der Waals surface area contributed by atoms with E-state index in [4.69, 9.17) is 21.1 Å². The van der Waals surface area contributed by atoms with Gasteiger partial charge in [-0.15, -0.1) is 6.58 Å². The lowest BCUT2D eigenvalue weighted by molar-refractivity contribution is -0.122. The quantitative estimate of drug-likeness (QED) is 0.129. The second-order valence-corrected chi connectivity index (χ2v) is 10.1. The van der Waals surface area contributed by atoms with Gasteiger partial charge >= 0.3 is 6.03 Å². The van der Waals surface area contributed by atoms with Crippen LogP contribution < -0.4 is 19.7 Å². The Morgan fingerprint density at radius 3 is 2.50 bits per heavy atom. The van der Waals surface area contributed by atoms with Crippen LogP contribution in [0.3, 0.4) is 0 Å². The Morgan fingerprint density at radius 1 is 0.952 bits per heavy atom. The number of halogens is 1. The van der Waals surface area contributed by atoms with Crippen molar-refractivity contribution in [3.63, 3.8) is 0 Å². The summed E-state index contributed by atoms with van der Waals surface area (Å²) in [5.41, 5.74) is 2.95. The van der Waals surface area contributed by atoms with Crippen LogP contribution >= 0.6 is 11.6 Å². The molecule has 4 aromatic carbocycles. The summed E-state index contributed by atoms with van der Waals surface area (Å²) in [4.78, 5) is 40.0. The highest BCUT2D eigenvalue weighted by atomic mass is 35.5. The van der Waals surface area contributed by atoms with E-state index in [0.717, 1.165) is 26.8 Å². The van der Waals surface area contributed by atoms with Gasteiger partial charge in [-0.3, -0.25) is 14.9 Å². The molecule has 0 saturated carbocycles. The highest BCUT2D eigenvalue weighted by Crippen LogP contribution is 2.36. The summed E-state index contributed by atoms with van der Waals surface area (Å²) in [5, 5.41) is 4.87. The normalized spacial score (nSPS) is 14.3. The molecule has 1 aliphatic heterocycles. The van der Waals surface area contributed by atoms with Gasteiger partial charge in [0.05, 0.1) is 12.3 Å². The third kappa shape index (κ3) is 5.64. The van der Waals surface area contributed by atoms with Gasteiger partial charge in [0, 0.05) is 10.6 Å². The van der Waals surface area contributed by atoms with Crippen LogP contribution in [0.25, 0.3) is 16.8 Å². The minimum Gasteiger partial charge on any atom is -0.490 e. The highest BCUT2D eigenvalue weighted by molar-refractivity contribution is 6.40. The summed E-state index contributed by atoms with van der Waals surface area (Å²) < 4.78 is 12.3. The van der Waals surface area contributed by atoms with E-state index in [9.17, 15) is 14.4 Å². The minimum atomic E-state index is -0.841. The molecule has 4 aromatic rings. The van der Waals surface area contributed by atoms with E-state index in [2.05, 4.69) is 30.1 Å². The molecule has 0 aliphatic carbocycles. The predicted molar refractivity (Wildman–Crippen MR) is 165 cm³/mol. The van der Waals surface area contributed by atoms with Crippen molar-refractivity contribution in [2.45, 2.75) is 26.9 Å². The van der Waals surface area contributed by atoms with Gasteiger partial charge in [0.1, 0.15) is 12.2 Å². The van der Waals surface area contributed by atoms with Crippen molar-refractivity contribution in [2.24, 2.45) is 0 Å². The molecular weight excluding hydrogens is 552 g/mol. The monoisotopic (exact) mass is 580 g/mol. The molecule has 0 spiro atoms. The van der Waals surface area contributed by atoms with E-state index >= 15 is 0 Å². The van der Waals surface area contributed by atoms with Crippen molar-refractivity contribution in [3.8, 4) is 11.5 Å². The van der Waals surface area contributed by atoms with Gasteiger partial charge in [-0.05, 0) is 78.1 Å². The first-order valence-electron chi connectivity index (χ1n) is 13.5. The molecule has 1 fully saturated rings. The molecule has 212 valence electrons. The number of fused-ring (bicyclic) bond motifs is 1. The van der Waals surface area contributed by atoms with Gasteiger partial charge in [-0.1, -0.05) is 66.2 Å². The van der Waals surface area contributed by atoms with Gasteiger partial charge in [0.15, 0.2) is 11.5 Å². The van der Waals surface area contributed by atoms with Gasteiger partial charge in [0.2, 0.25) is 0 Å². The molecule has 0 atom stereocenters. The molecule has 1 heterocycles.